The highest BCUT2D eigenvalue weighted by Crippen LogP contribution is 2.60. The third kappa shape index (κ3) is 3.14. The molecule has 4 bridgehead atoms. The molecule has 5 nitrogen and oxygen atoms in total. The molecule has 1 saturated heterocycles. The maximum atomic E-state index is 13.6. The fraction of sp³-hybridized carbons (Fsp3) is 0.652. The lowest BCUT2D eigenvalue weighted by Gasteiger charge is -2.56. The molecule has 1 N–H and O–H groups in total. The summed E-state index contributed by atoms with van der Waals surface area (Å²) in [5, 5.41) is 10.2. The molecule has 0 radical (unpaired) electrons. The van der Waals surface area contributed by atoms with Crippen molar-refractivity contribution in [2.45, 2.75) is 63.7 Å². The summed E-state index contributed by atoms with van der Waals surface area (Å²) in [7, 11) is 0. The van der Waals surface area contributed by atoms with Gasteiger partial charge in [0.1, 0.15) is 12.6 Å². The normalized spacial score (nSPS) is 38.6. The van der Waals surface area contributed by atoms with Gasteiger partial charge in [0.05, 0.1) is 11.5 Å². The molecule has 0 unspecified atom stereocenters. The molecule has 1 aromatic carbocycles. The second-order valence-corrected chi connectivity index (χ2v) is 9.65. The van der Waals surface area contributed by atoms with E-state index in [1.165, 1.54) is 19.3 Å². The number of carbonyl (C=O) groups is 2. The largest absolute Gasteiger partial charge is 0.459 e. The van der Waals surface area contributed by atoms with E-state index < -0.39 is 18.1 Å². The number of hydrogen-bond donors (Lipinski definition) is 1. The fourth-order valence-electron chi connectivity index (χ4n) is 6.76. The van der Waals surface area contributed by atoms with Crippen LogP contribution in [0.15, 0.2) is 30.3 Å². The first kappa shape index (κ1) is 18.2. The van der Waals surface area contributed by atoms with E-state index in [0.29, 0.717) is 17.8 Å². The van der Waals surface area contributed by atoms with E-state index in [1.807, 2.05) is 30.3 Å². The summed E-state index contributed by atoms with van der Waals surface area (Å²) < 4.78 is 5.52. The average molecular weight is 383 g/mol. The van der Waals surface area contributed by atoms with E-state index >= 15 is 0 Å². The minimum absolute atomic E-state index is 0.102. The molecule has 1 amide bonds. The van der Waals surface area contributed by atoms with Gasteiger partial charge < -0.3 is 14.7 Å². The number of benzene rings is 1. The minimum Gasteiger partial charge on any atom is -0.459 e. The summed E-state index contributed by atoms with van der Waals surface area (Å²) in [6, 6.07) is 8.91. The summed E-state index contributed by atoms with van der Waals surface area (Å²) in [6.07, 6.45) is 6.37. The van der Waals surface area contributed by atoms with Crippen molar-refractivity contribution in [2.24, 2.45) is 23.2 Å². The lowest BCUT2D eigenvalue weighted by Crippen LogP contribution is -2.56. The van der Waals surface area contributed by atoms with Gasteiger partial charge in [0, 0.05) is 13.0 Å². The number of aliphatic hydroxyl groups is 1. The van der Waals surface area contributed by atoms with E-state index in [9.17, 15) is 14.7 Å². The van der Waals surface area contributed by atoms with Gasteiger partial charge in [0.15, 0.2) is 0 Å². The standard InChI is InChI=1S/C23H29NO4/c25-19-9-20(21(26)28-14-15-4-2-1-3-5-15)24(13-19)22(27)23-10-16-6-17(11-23)8-18(7-16)12-23/h1-5,16-20,25H,6-14H2/t16?,17?,18?,19-,20-,23?/m0/s1. The van der Waals surface area contributed by atoms with Gasteiger partial charge in [-0.2, -0.15) is 0 Å². The number of β-amino-alcohol motifs (C(OH)–C–C–N with tert-alkyl or cyclic N) is 1. The predicted molar refractivity (Wildman–Crippen MR) is 103 cm³/mol. The van der Waals surface area contributed by atoms with Crippen LogP contribution in [-0.2, 0) is 20.9 Å². The molecule has 5 heteroatoms. The molecular formula is C23H29NO4. The Bertz CT molecular complexity index is 726. The van der Waals surface area contributed by atoms with Gasteiger partial charge in [0.25, 0.3) is 0 Å². The summed E-state index contributed by atoms with van der Waals surface area (Å²) >= 11 is 0. The quantitative estimate of drug-likeness (QED) is 0.812. The number of ether oxygens (including phenoxy) is 1. The Balaban J connectivity index is 1.30. The molecule has 5 fully saturated rings. The molecule has 28 heavy (non-hydrogen) atoms. The van der Waals surface area contributed by atoms with Gasteiger partial charge in [-0.05, 0) is 61.8 Å². The third-order valence-electron chi connectivity index (χ3n) is 7.53. The van der Waals surface area contributed by atoms with Crippen molar-refractivity contribution in [2.75, 3.05) is 6.54 Å². The number of likely N-dealkylation sites (tertiary alicyclic amines) is 1. The number of carbonyl (C=O) groups excluding carboxylic acids is 2. The average Bonchev–Trinajstić information content (AvgIpc) is 3.07. The lowest BCUT2D eigenvalue weighted by molar-refractivity contribution is -0.166. The van der Waals surface area contributed by atoms with Crippen LogP contribution in [0, 0.1) is 23.2 Å². The van der Waals surface area contributed by atoms with Crippen LogP contribution in [0.4, 0.5) is 0 Å². The number of esters is 1. The molecule has 0 spiro atoms. The highest BCUT2D eigenvalue weighted by atomic mass is 16.5. The highest BCUT2D eigenvalue weighted by molar-refractivity contribution is 5.89. The maximum absolute atomic E-state index is 13.6. The van der Waals surface area contributed by atoms with Gasteiger partial charge in [-0.3, -0.25) is 4.79 Å². The molecule has 1 aromatic rings. The number of rotatable bonds is 4. The van der Waals surface area contributed by atoms with Crippen LogP contribution in [0.5, 0.6) is 0 Å². The van der Waals surface area contributed by atoms with Crippen molar-refractivity contribution in [3.8, 4) is 0 Å². The van der Waals surface area contributed by atoms with E-state index in [2.05, 4.69) is 0 Å². The predicted octanol–water partition coefficient (Wildman–Crippen LogP) is 2.91. The molecule has 1 aliphatic heterocycles. The molecule has 2 atom stereocenters. The molecule has 150 valence electrons. The molecule has 0 aromatic heterocycles. The Morgan fingerprint density at radius 3 is 2.21 bits per heavy atom. The van der Waals surface area contributed by atoms with E-state index in [0.717, 1.165) is 24.8 Å². The van der Waals surface area contributed by atoms with Gasteiger partial charge >= 0.3 is 5.97 Å². The minimum atomic E-state index is -0.654. The fourth-order valence-corrected chi connectivity index (χ4v) is 6.76. The number of nitrogens with zero attached hydrogens (tertiary/aromatic N) is 1. The van der Waals surface area contributed by atoms with Crippen molar-refractivity contribution >= 4 is 11.9 Å². The zero-order valence-corrected chi connectivity index (χ0v) is 16.3. The molecule has 6 rings (SSSR count). The Morgan fingerprint density at radius 2 is 1.61 bits per heavy atom. The first-order chi connectivity index (χ1) is 13.5. The highest BCUT2D eigenvalue weighted by Gasteiger charge is 2.57. The Kier molecular flexibility index (Phi) is 4.46. The van der Waals surface area contributed by atoms with E-state index in [1.54, 1.807) is 4.90 Å². The van der Waals surface area contributed by atoms with Gasteiger partial charge in [-0.15, -0.1) is 0 Å². The maximum Gasteiger partial charge on any atom is 0.329 e. The Hall–Kier alpha value is -1.88. The number of aliphatic hydroxyl groups excluding tert-OH is 1. The first-order valence-electron chi connectivity index (χ1n) is 10.7. The van der Waals surface area contributed by atoms with Crippen LogP contribution < -0.4 is 0 Å². The Morgan fingerprint density at radius 1 is 1.00 bits per heavy atom. The van der Waals surface area contributed by atoms with Gasteiger partial charge in [-0.1, -0.05) is 30.3 Å². The molecule has 5 aliphatic rings. The van der Waals surface area contributed by atoms with Crippen molar-refractivity contribution < 1.29 is 19.4 Å². The molecule has 1 heterocycles. The third-order valence-corrected chi connectivity index (χ3v) is 7.53. The monoisotopic (exact) mass is 383 g/mol. The van der Waals surface area contributed by atoms with Crippen molar-refractivity contribution in [1.82, 2.24) is 4.90 Å². The molecule has 4 aliphatic carbocycles. The van der Waals surface area contributed by atoms with Crippen LogP contribution in [0.3, 0.4) is 0 Å². The van der Waals surface area contributed by atoms with Crippen molar-refractivity contribution in [1.29, 1.82) is 0 Å². The lowest BCUT2D eigenvalue weighted by atomic mass is 9.49. The summed E-state index contributed by atoms with van der Waals surface area (Å²) in [4.78, 5) is 28.1. The van der Waals surface area contributed by atoms with Crippen LogP contribution in [0.25, 0.3) is 0 Å². The second kappa shape index (κ2) is 6.87. The zero-order chi connectivity index (χ0) is 19.3. The van der Waals surface area contributed by atoms with Crippen LogP contribution in [-0.4, -0.2) is 40.6 Å². The first-order valence-corrected chi connectivity index (χ1v) is 10.7. The van der Waals surface area contributed by atoms with Crippen LogP contribution in [0.1, 0.15) is 50.5 Å². The SMILES string of the molecule is O=C(OCc1ccccc1)[C@@H]1C[C@H](O)CN1C(=O)C12CC3CC(CC(C3)C1)C2. The van der Waals surface area contributed by atoms with Crippen molar-refractivity contribution in [3.63, 3.8) is 0 Å². The van der Waals surface area contributed by atoms with Gasteiger partial charge in [0.2, 0.25) is 5.91 Å². The number of hydrogen-bond acceptors (Lipinski definition) is 4. The second-order valence-electron chi connectivity index (χ2n) is 9.65. The molecule has 4 saturated carbocycles. The van der Waals surface area contributed by atoms with E-state index in [-0.39, 0.29) is 30.9 Å². The number of amides is 1. The topological polar surface area (TPSA) is 66.8 Å². The smallest absolute Gasteiger partial charge is 0.329 e. The van der Waals surface area contributed by atoms with Gasteiger partial charge in [-0.25, -0.2) is 4.79 Å². The molecular weight excluding hydrogens is 354 g/mol. The van der Waals surface area contributed by atoms with Crippen LogP contribution >= 0.6 is 0 Å². The van der Waals surface area contributed by atoms with Crippen molar-refractivity contribution in [3.05, 3.63) is 35.9 Å². The van der Waals surface area contributed by atoms with E-state index in [4.69, 9.17) is 4.74 Å². The zero-order valence-electron chi connectivity index (χ0n) is 16.3. The summed E-state index contributed by atoms with van der Waals surface area (Å²) in [6.45, 7) is 0.456. The summed E-state index contributed by atoms with van der Waals surface area (Å²) in [5.41, 5.74) is 0.630. The Labute approximate surface area is 166 Å². The summed E-state index contributed by atoms with van der Waals surface area (Å²) in [5.74, 6) is 1.73. The van der Waals surface area contributed by atoms with Crippen LogP contribution in [0.2, 0.25) is 0 Å².